The van der Waals surface area contributed by atoms with Crippen LogP contribution in [0.5, 0.6) is 0 Å². The molecule has 30 heavy (non-hydrogen) atoms. The Morgan fingerprint density at radius 2 is 1.60 bits per heavy atom. The molecule has 0 atom stereocenters. The number of halogens is 1. The van der Waals surface area contributed by atoms with Gasteiger partial charge in [-0.25, -0.2) is 8.96 Å². The molecule has 5 aromatic rings. The molecule has 4 heteroatoms. The fourth-order valence-electron chi connectivity index (χ4n) is 4.24. The van der Waals surface area contributed by atoms with Crippen molar-refractivity contribution in [2.75, 3.05) is 0 Å². The highest BCUT2D eigenvalue weighted by Crippen LogP contribution is 2.37. The van der Waals surface area contributed by atoms with Gasteiger partial charge in [0.1, 0.15) is 22.7 Å². The number of benzene rings is 3. The SMILES string of the molecule is Cc1cc(C)cc(-c2cc(-c3c(C)ccc4c3oc3cc(F)ccc34)[n+](C)cn2)c1. The predicted molar refractivity (Wildman–Crippen MR) is 118 cm³/mol. The third-order valence-corrected chi connectivity index (χ3v) is 5.61. The third-order valence-electron chi connectivity index (χ3n) is 5.61. The van der Waals surface area contributed by atoms with Crippen LogP contribution >= 0.6 is 0 Å². The summed E-state index contributed by atoms with van der Waals surface area (Å²) >= 11 is 0. The van der Waals surface area contributed by atoms with E-state index < -0.39 is 0 Å². The van der Waals surface area contributed by atoms with Gasteiger partial charge in [-0.3, -0.25) is 0 Å². The highest BCUT2D eigenvalue weighted by atomic mass is 19.1. The van der Waals surface area contributed by atoms with E-state index in [0.29, 0.717) is 5.58 Å². The Kier molecular flexibility index (Phi) is 4.17. The molecule has 0 bridgehead atoms. The van der Waals surface area contributed by atoms with Gasteiger partial charge < -0.3 is 4.42 Å². The van der Waals surface area contributed by atoms with E-state index >= 15 is 0 Å². The number of nitrogens with zero attached hydrogens (tertiary/aromatic N) is 2. The molecule has 0 aliphatic heterocycles. The van der Waals surface area contributed by atoms with Crippen LogP contribution in [0.4, 0.5) is 4.39 Å². The van der Waals surface area contributed by atoms with Crippen LogP contribution in [0.1, 0.15) is 16.7 Å². The van der Waals surface area contributed by atoms with Gasteiger partial charge in [0.25, 0.3) is 6.33 Å². The predicted octanol–water partition coefficient (Wildman–Crippen LogP) is 6.20. The van der Waals surface area contributed by atoms with Crippen molar-refractivity contribution in [1.82, 2.24) is 4.98 Å². The first kappa shape index (κ1) is 18.5. The summed E-state index contributed by atoms with van der Waals surface area (Å²) in [4.78, 5) is 4.66. The minimum absolute atomic E-state index is 0.300. The maximum atomic E-state index is 13.8. The standard InChI is InChI=1S/C26H22FN2O/c1-15-9-16(2)11-18(10-15)22-13-23(29(4)14-28-22)25-17(3)5-7-21-20-8-6-19(27)12-24(20)30-26(21)25/h5-14H,1-4H3/q+1. The Bertz CT molecular complexity index is 1430. The van der Waals surface area contributed by atoms with E-state index in [1.807, 2.05) is 24.0 Å². The summed E-state index contributed by atoms with van der Waals surface area (Å²) in [6, 6.07) is 17.4. The van der Waals surface area contributed by atoms with E-state index in [1.54, 1.807) is 6.07 Å². The second kappa shape index (κ2) is 6.77. The molecule has 0 fully saturated rings. The lowest BCUT2D eigenvalue weighted by Crippen LogP contribution is -2.31. The Morgan fingerprint density at radius 3 is 2.37 bits per heavy atom. The van der Waals surface area contributed by atoms with Gasteiger partial charge in [-0.1, -0.05) is 29.3 Å². The number of aryl methyl sites for hydroxylation is 4. The Labute approximate surface area is 174 Å². The molecule has 0 aliphatic carbocycles. The Balaban J connectivity index is 1.79. The first-order chi connectivity index (χ1) is 14.4. The van der Waals surface area contributed by atoms with Crippen LogP contribution in [0, 0.1) is 26.6 Å². The summed E-state index contributed by atoms with van der Waals surface area (Å²) in [5, 5.41) is 1.90. The Hall–Kier alpha value is -3.53. The quantitative estimate of drug-likeness (QED) is 0.332. The van der Waals surface area contributed by atoms with Gasteiger partial charge in [0.2, 0.25) is 0 Å². The molecule has 0 amide bonds. The molecule has 5 rings (SSSR count). The van der Waals surface area contributed by atoms with Crippen LogP contribution in [0.25, 0.3) is 44.5 Å². The van der Waals surface area contributed by atoms with E-state index in [0.717, 1.165) is 44.4 Å². The molecule has 2 heterocycles. The minimum Gasteiger partial charge on any atom is -0.455 e. The number of rotatable bonds is 2. The average Bonchev–Trinajstić information content (AvgIpc) is 3.05. The zero-order valence-corrected chi connectivity index (χ0v) is 17.5. The van der Waals surface area contributed by atoms with Crippen LogP contribution < -0.4 is 4.57 Å². The topological polar surface area (TPSA) is 29.9 Å². The van der Waals surface area contributed by atoms with Crippen molar-refractivity contribution in [3.8, 4) is 22.5 Å². The zero-order valence-electron chi connectivity index (χ0n) is 17.5. The minimum atomic E-state index is -0.300. The molecule has 0 N–H and O–H groups in total. The lowest BCUT2D eigenvalue weighted by Gasteiger charge is -2.09. The van der Waals surface area contributed by atoms with Gasteiger partial charge in [-0.05, 0) is 55.6 Å². The highest BCUT2D eigenvalue weighted by molar-refractivity contribution is 6.09. The van der Waals surface area contributed by atoms with E-state index in [9.17, 15) is 4.39 Å². The summed E-state index contributed by atoms with van der Waals surface area (Å²) in [7, 11) is 1.98. The van der Waals surface area contributed by atoms with Crippen molar-refractivity contribution in [3.05, 3.63) is 83.4 Å². The molecule has 0 unspecified atom stereocenters. The monoisotopic (exact) mass is 397 g/mol. The molecule has 0 saturated carbocycles. The van der Waals surface area contributed by atoms with Crippen molar-refractivity contribution in [2.45, 2.75) is 20.8 Å². The van der Waals surface area contributed by atoms with Gasteiger partial charge in [0, 0.05) is 28.5 Å². The molecular formula is C26H22FN2O+. The van der Waals surface area contributed by atoms with Gasteiger partial charge in [-0.15, -0.1) is 0 Å². The van der Waals surface area contributed by atoms with Crippen LogP contribution in [0.2, 0.25) is 0 Å². The van der Waals surface area contributed by atoms with Crippen LogP contribution in [-0.4, -0.2) is 4.98 Å². The van der Waals surface area contributed by atoms with E-state index in [-0.39, 0.29) is 5.82 Å². The summed E-state index contributed by atoms with van der Waals surface area (Å²) in [5.41, 5.74) is 8.83. The number of fused-ring (bicyclic) bond motifs is 3. The lowest BCUT2D eigenvalue weighted by molar-refractivity contribution is -0.663. The molecule has 3 nitrogen and oxygen atoms in total. The highest BCUT2D eigenvalue weighted by Gasteiger charge is 2.21. The number of aromatic nitrogens is 2. The van der Waals surface area contributed by atoms with E-state index in [1.165, 1.54) is 23.3 Å². The molecule has 3 aromatic carbocycles. The fraction of sp³-hybridized carbons (Fsp3) is 0.154. The van der Waals surface area contributed by atoms with Gasteiger partial charge >= 0.3 is 0 Å². The zero-order chi connectivity index (χ0) is 21.0. The van der Waals surface area contributed by atoms with Gasteiger partial charge in [-0.2, -0.15) is 0 Å². The van der Waals surface area contributed by atoms with Crippen molar-refractivity contribution in [3.63, 3.8) is 0 Å². The Morgan fingerprint density at radius 1 is 0.867 bits per heavy atom. The maximum absolute atomic E-state index is 13.8. The van der Waals surface area contributed by atoms with Gasteiger partial charge in [0.15, 0.2) is 5.69 Å². The summed E-state index contributed by atoms with van der Waals surface area (Å²) in [6.07, 6.45) is 1.84. The smallest absolute Gasteiger partial charge is 0.287 e. The summed E-state index contributed by atoms with van der Waals surface area (Å²) < 4.78 is 21.9. The van der Waals surface area contributed by atoms with Crippen molar-refractivity contribution < 1.29 is 13.4 Å². The maximum Gasteiger partial charge on any atom is 0.287 e. The van der Waals surface area contributed by atoms with E-state index in [2.05, 4.69) is 56.1 Å². The number of hydrogen-bond donors (Lipinski definition) is 0. The van der Waals surface area contributed by atoms with Crippen molar-refractivity contribution >= 4 is 21.9 Å². The first-order valence-corrected chi connectivity index (χ1v) is 9.97. The normalized spacial score (nSPS) is 11.5. The third kappa shape index (κ3) is 2.96. The molecule has 0 saturated heterocycles. The second-order valence-corrected chi connectivity index (χ2v) is 8.02. The molecule has 2 aromatic heterocycles. The van der Waals surface area contributed by atoms with E-state index in [4.69, 9.17) is 4.42 Å². The largest absolute Gasteiger partial charge is 0.455 e. The second-order valence-electron chi connectivity index (χ2n) is 8.02. The summed E-state index contributed by atoms with van der Waals surface area (Å²) in [6.45, 7) is 6.26. The number of hydrogen-bond acceptors (Lipinski definition) is 2. The fourth-order valence-corrected chi connectivity index (χ4v) is 4.24. The first-order valence-electron chi connectivity index (χ1n) is 9.97. The van der Waals surface area contributed by atoms with Crippen LogP contribution in [0.3, 0.4) is 0 Å². The van der Waals surface area contributed by atoms with Crippen molar-refractivity contribution in [1.29, 1.82) is 0 Å². The summed E-state index contributed by atoms with van der Waals surface area (Å²) in [5.74, 6) is -0.300. The van der Waals surface area contributed by atoms with Crippen LogP contribution in [0.15, 0.2) is 65.3 Å². The van der Waals surface area contributed by atoms with Crippen molar-refractivity contribution in [2.24, 2.45) is 7.05 Å². The average molecular weight is 397 g/mol. The molecule has 0 spiro atoms. The van der Waals surface area contributed by atoms with Gasteiger partial charge in [0.05, 0.1) is 12.6 Å². The lowest BCUT2D eigenvalue weighted by atomic mass is 9.99. The van der Waals surface area contributed by atoms with Crippen LogP contribution in [-0.2, 0) is 7.05 Å². The molecular weight excluding hydrogens is 375 g/mol. The molecule has 0 aliphatic rings. The number of furan rings is 1. The molecule has 148 valence electrons. The molecule has 0 radical (unpaired) electrons.